The van der Waals surface area contributed by atoms with Gasteiger partial charge in [-0.05, 0) is 51.4 Å². The van der Waals surface area contributed by atoms with E-state index < -0.39 is 57.8 Å². The van der Waals surface area contributed by atoms with E-state index in [0.29, 0.717) is 19.3 Å². The summed E-state index contributed by atoms with van der Waals surface area (Å²) in [5.41, 5.74) is 0. The Labute approximate surface area is 429 Å². The van der Waals surface area contributed by atoms with E-state index >= 15 is 0 Å². The van der Waals surface area contributed by atoms with Gasteiger partial charge >= 0.3 is 25.7 Å². The van der Waals surface area contributed by atoms with Gasteiger partial charge in [-0.2, -0.15) is 0 Å². The molecule has 0 spiro atoms. The zero-order valence-electron chi connectivity index (χ0n) is 45.5. The molecule has 0 amide bonds. The third-order valence-corrected chi connectivity index (χ3v) is 13.8. The molecule has 11 nitrogen and oxygen atoms in total. The van der Waals surface area contributed by atoms with E-state index in [0.717, 1.165) is 83.5 Å². The Morgan fingerprint density at radius 1 is 0.400 bits per heavy atom. The van der Waals surface area contributed by atoms with Crippen molar-refractivity contribution in [1.82, 2.24) is 0 Å². The number of hydrogen-bond donors (Lipinski definition) is 2. The van der Waals surface area contributed by atoms with E-state index in [4.69, 9.17) is 23.3 Å². The number of aliphatic hydroxyl groups is 1. The standard InChI is InChI=1S/C58H109O11P/c1-4-7-10-13-16-19-22-24-26-27-29-31-34-37-40-43-46-49-58(62)69-55(51-65-56(60)47-44-41-38-35-33-30-28-25-23-20-17-14-11-8-5-2)53-67-70(63,64)66-52-54(50-59)68-57(61)48-45-42-39-36-32-21-18-15-12-9-6-3/h17,20,25,28,54-55,59H,4-16,18-19,21-24,26-27,29-53H2,1-3H3,(H,63,64)/b20-17-,28-25-. The molecule has 12 heteroatoms. The van der Waals surface area contributed by atoms with Crippen LogP contribution in [-0.2, 0) is 42.2 Å². The number of phosphoric ester groups is 1. The van der Waals surface area contributed by atoms with Gasteiger partial charge in [0.2, 0.25) is 0 Å². The van der Waals surface area contributed by atoms with Gasteiger partial charge in [0.05, 0.1) is 19.8 Å². The largest absolute Gasteiger partial charge is 0.472 e. The first-order chi connectivity index (χ1) is 34.2. The molecule has 0 saturated heterocycles. The van der Waals surface area contributed by atoms with E-state index in [-0.39, 0.29) is 25.9 Å². The SMILES string of the molecule is CCCCC/C=C\C/C=C\CCCCCCCC(=O)OCC(COP(=O)(O)OCC(CO)OC(=O)CCCCCCCCCCCCC)OC(=O)CCCCCCCCCCCCCCCCCCC. The molecular weight excluding hydrogens is 904 g/mol. The van der Waals surface area contributed by atoms with E-state index in [1.54, 1.807) is 0 Å². The quantitative estimate of drug-likeness (QED) is 0.0197. The molecule has 0 bridgehead atoms. The molecule has 0 radical (unpaired) electrons. The zero-order valence-corrected chi connectivity index (χ0v) is 46.4. The second-order valence-corrected chi connectivity index (χ2v) is 21.3. The fourth-order valence-corrected chi connectivity index (χ4v) is 9.17. The second kappa shape index (κ2) is 53.3. The van der Waals surface area contributed by atoms with Crippen molar-refractivity contribution in [3.8, 4) is 0 Å². The smallest absolute Gasteiger partial charge is 0.462 e. The van der Waals surface area contributed by atoms with Crippen LogP contribution < -0.4 is 0 Å². The third kappa shape index (κ3) is 50.9. The number of unbranched alkanes of at least 4 members (excludes halogenated alkanes) is 34. The highest BCUT2D eigenvalue weighted by Crippen LogP contribution is 2.43. The first-order valence-corrected chi connectivity index (χ1v) is 30.7. The van der Waals surface area contributed by atoms with Crippen molar-refractivity contribution in [2.75, 3.05) is 26.4 Å². The normalized spacial score (nSPS) is 13.5. The van der Waals surface area contributed by atoms with Gasteiger partial charge in [0.1, 0.15) is 12.7 Å². The van der Waals surface area contributed by atoms with Gasteiger partial charge in [-0.15, -0.1) is 0 Å². The number of aliphatic hydroxyl groups excluding tert-OH is 1. The molecule has 0 rings (SSSR count). The van der Waals surface area contributed by atoms with E-state index in [2.05, 4.69) is 45.1 Å². The maximum Gasteiger partial charge on any atom is 0.472 e. The molecular formula is C58H109O11P. The molecule has 0 aliphatic heterocycles. The van der Waals surface area contributed by atoms with Crippen molar-refractivity contribution in [2.24, 2.45) is 0 Å². The lowest BCUT2D eigenvalue weighted by Gasteiger charge is -2.21. The number of hydrogen-bond acceptors (Lipinski definition) is 10. The van der Waals surface area contributed by atoms with Crippen LogP contribution in [0, 0.1) is 0 Å². The van der Waals surface area contributed by atoms with Crippen LogP contribution in [0.2, 0.25) is 0 Å². The Balaban J connectivity index is 4.70. The molecule has 0 saturated carbocycles. The van der Waals surface area contributed by atoms with E-state index in [9.17, 15) is 28.9 Å². The summed E-state index contributed by atoms with van der Waals surface area (Å²) in [5, 5.41) is 9.79. The fraction of sp³-hybridized carbons (Fsp3) is 0.879. The Bertz CT molecular complexity index is 1270. The Hall–Kier alpha value is -2.04. The molecule has 0 aromatic heterocycles. The number of carbonyl (C=O) groups excluding carboxylic acids is 3. The minimum atomic E-state index is -4.74. The zero-order chi connectivity index (χ0) is 51.3. The van der Waals surface area contributed by atoms with Crippen molar-refractivity contribution in [3.05, 3.63) is 24.3 Å². The molecule has 2 N–H and O–H groups in total. The molecule has 0 heterocycles. The number of esters is 3. The molecule has 0 aliphatic rings. The third-order valence-electron chi connectivity index (χ3n) is 12.9. The predicted octanol–water partition coefficient (Wildman–Crippen LogP) is 17.0. The summed E-state index contributed by atoms with van der Waals surface area (Å²) >= 11 is 0. The van der Waals surface area contributed by atoms with Gasteiger partial charge < -0.3 is 24.2 Å². The van der Waals surface area contributed by atoms with Gasteiger partial charge in [-0.3, -0.25) is 23.4 Å². The van der Waals surface area contributed by atoms with Crippen molar-refractivity contribution < 1.29 is 52.2 Å². The predicted molar refractivity (Wildman–Crippen MR) is 289 cm³/mol. The number of rotatable bonds is 55. The van der Waals surface area contributed by atoms with Crippen LogP contribution in [0.5, 0.6) is 0 Å². The number of ether oxygens (including phenoxy) is 3. The van der Waals surface area contributed by atoms with Crippen molar-refractivity contribution >= 4 is 25.7 Å². The summed E-state index contributed by atoms with van der Waals surface area (Å²) in [6.45, 7) is 4.64. The lowest BCUT2D eigenvalue weighted by Crippen LogP contribution is -2.30. The van der Waals surface area contributed by atoms with Crippen LogP contribution in [0.25, 0.3) is 0 Å². The highest BCUT2D eigenvalue weighted by Gasteiger charge is 2.28. The van der Waals surface area contributed by atoms with Gasteiger partial charge in [0, 0.05) is 19.3 Å². The minimum absolute atomic E-state index is 0.172. The number of phosphoric acid groups is 1. The van der Waals surface area contributed by atoms with E-state index in [1.165, 1.54) is 148 Å². The fourth-order valence-electron chi connectivity index (χ4n) is 8.39. The first kappa shape index (κ1) is 68.0. The van der Waals surface area contributed by atoms with E-state index in [1.807, 2.05) is 0 Å². The molecule has 70 heavy (non-hydrogen) atoms. The van der Waals surface area contributed by atoms with Crippen LogP contribution in [0.4, 0.5) is 0 Å². The Morgan fingerprint density at radius 3 is 1.09 bits per heavy atom. The summed E-state index contributed by atoms with van der Waals surface area (Å²) < 4.78 is 39.5. The lowest BCUT2D eigenvalue weighted by molar-refractivity contribution is -0.161. The van der Waals surface area contributed by atoms with Crippen molar-refractivity contribution in [1.29, 1.82) is 0 Å². The number of allylic oxidation sites excluding steroid dienone is 4. The maximum absolute atomic E-state index is 12.9. The maximum atomic E-state index is 12.9. The van der Waals surface area contributed by atoms with Crippen LogP contribution in [0.1, 0.15) is 290 Å². The van der Waals surface area contributed by atoms with Gasteiger partial charge in [-0.25, -0.2) is 4.57 Å². The molecule has 412 valence electrons. The number of carbonyl (C=O) groups is 3. The summed E-state index contributed by atoms with van der Waals surface area (Å²) in [7, 11) is -4.74. The van der Waals surface area contributed by atoms with Gasteiger partial charge in [0.15, 0.2) is 6.10 Å². The minimum Gasteiger partial charge on any atom is -0.462 e. The molecule has 0 aromatic rings. The van der Waals surface area contributed by atoms with Gasteiger partial charge in [0.25, 0.3) is 0 Å². The second-order valence-electron chi connectivity index (χ2n) is 19.8. The van der Waals surface area contributed by atoms with Crippen LogP contribution in [0.3, 0.4) is 0 Å². The molecule has 0 aliphatic carbocycles. The summed E-state index contributed by atoms with van der Waals surface area (Å²) in [6, 6.07) is 0. The van der Waals surface area contributed by atoms with Crippen molar-refractivity contribution in [3.63, 3.8) is 0 Å². The van der Waals surface area contributed by atoms with Crippen LogP contribution in [-0.4, -0.2) is 66.5 Å². The average molecular weight is 1010 g/mol. The molecule has 3 atom stereocenters. The molecule has 3 unspecified atom stereocenters. The molecule has 0 aromatic carbocycles. The monoisotopic (exact) mass is 1010 g/mol. The lowest BCUT2D eigenvalue weighted by atomic mass is 10.0. The molecule has 0 fully saturated rings. The Morgan fingerprint density at radius 2 is 0.700 bits per heavy atom. The summed E-state index contributed by atoms with van der Waals surface area (Å²) in [4.78, 5) is 48.5. The highest BCUT2D eigenvalue weighted by molar-refractivity contribution is 7.47. The Kier molecular flexibility index (Phi) is 51.7. The van der Waals surface area contributed by atoms with Crippen LogP contribution >= 0.6 is 7.82 Å². The van der Waals surface area contributed by atoms with Crippen LogP contribution in [0.15, 0.2) is 24.3 Å². The first-order valence-electron chi connectivity index (χ1n) is 29.2. The van der Waals surface area contributed by atoms with Crippen molar-refractivity contribution in [2.45, 2.75) is 303 Å². The topological polar surface area (TPSA) is 155 Å². The summed E-state index contributed by atoms with van der Waals surface area (Å²) in [6.07, 6.45) is 52.8. The average Bonchev–Trinajstić information content (AvgIpc) is 3.35. The highest BCUT2D eigenvalue weighted by atomic mass is 31.2. The van der Waals surface area contributed by atoms with Gasteiger partial charge in [-0.1, -0.05) is 244 Å². The summed E-state index contributed by atoms with van der Waals surface area (Å²) in [5.74, 6) is -1.46.